The van der Waals surface area contributed by atoms with Crippen LogP contribution in [0.4, 0.5) is 0 Å². The second kappa shape index (κ2) is 5.66. The Morgan fingerprint density at radius 3 is 2.80 bits per heavy atom. The Labute approximate surface area is 93.3 Å². The molecule has 1 rings (SSSR count). The van der Waals surface area contributed by atoms with Gasteiger partial charge in [0.25, 0.3) is 0 Å². The highest BCUT2D eigenvalue weighted by atomic mass is 16.5. The smallest absolute Gasteiger partial charge is 0.0913 e. The maximum Gasteiger partial charge on any atom is 0.0913 e. The quantitative estimate of drug-likeness (QED) is 0.710. The topological polar surface area (TPSA) is 29.5 Å². The molecule has 0 aliphatic carbocycles. The van der Waals surface area contributed by atoms with Crippen molar-refractivity contribution in [3.8, 4) is 0 Å². The molecule has 1 heterocycles. The molecule has 1 N–H and O–H groups in total. The van der Waals surface area contributed by atoms with E-state index in [9.17, 15) is 5.11 Å². The molecule has 0 aromatic carbocycles. The Morgan fingerprint density at radius 2 is 2.33 bits per heavy atom. The van der Waals surface area contributed by atoms with Crippen molar-refractivity contribution in [2.75, 3.05) is 6.61 Å². The van der Waals surface area contributed by atoms with E-state index in [0.29, 0.717) is 0 Å². The SMILES string of the molecule is C/C=C(\CC)CC[C@H](O)[C@@]1(C)CCCO1. The molecule has 0 aromatic rings. The van der Waals surface area contributed by atoms with Gasteiger partial charge in [0.15, 0.2) is 0 Å². The van der Waals surface area contributed by atoms with Gasteiger partial charge in [-0.15, -0.1) is 0 Å². The third kappa shape index (κ3) is 3.32. The van der Waals surface area contributed by atoms with Gasteiger partial charge in [-0.2, -0.15) is 0 Å². The zero-order chi connectivity index (χ0) is 11.3. The Morgan fingerprint density at radius 1 is 1.60 bits per heavy atom. The maximum atomic E-state index is 10.1. The number of allylic oxidation sites excluding steroid dienone is 2. The number of rotatable bonds is 5. The largest absolute Gasteiger partial charge is 0.390 e. The Bertz CT molecular complexity index is 215. The lowest BCUT2D eigenvalue weighted by Crippen LogP contribution is -2.38. The Balaban J connectivity index is 2.38. The van der Waals surface area contributed by atoms with E-state index < -0.39 is 0 Å². The summed E-state index contributed by atoms with van der Waals surface area (Å²) >= 11 is 0. The van der Waals surface area contributed by atoms with Crippen molar-refractivity contribution in [2.45, 2.75) is 64.6 Å². The van der Waals surface area contributed by atoms with Gasteiger partial charge in [-0.25, -0.2) is 0 Å². The van der Waals surface area contributed by atoms with E-state index in [0.717, 1.165) is 38.7 Å². The van der Waals surface area contributed by atoms with Gasteiger partial charge in [0.1, 0.15) is 0 Å². The second-order valence-electron chi connectivity index (χ2n) is 4.62. The van der Waals surface area contributed by atoms with Crippen molar-refractivity contribution in [1.82, 2.24) is 0 Å². The van der Waals surface area contributed by atoms with E-state index in [4.69, 9.17) is 4.74 Å². The van der Waals surface area contributed by atoms with Crippen LogP contribution in [0.5, 0.6) is 0 Å². The molecule has 1 saturated heterocycles. The first-order valence-electron chi connectivity index (χ1n) is 6.08. The predicted molar refractivity (Wildman–Crippen MR) is 62.9 cm³/mol. The molecular formula is C13H24O2. The highest BCUT2D eigenvalue weighted by molar-refractivity contribution is 5.00. The fraction of sp³-hybridized carbons (Fsp3) is 0.846. The number of hydrogen-bond donors (Lipinski definition) is 1. The summed E-state index contributed by atoms with van der Waals surface area (Å²) in [5, 5.41) is 10.1. The van der Waals surface area contributed by atoms with Crippen molar-refractivity contribution in [3.05, 3.63) is 11.6 Å². The van der Waals surface area contributed by atoms with Gasteiger partial charge in [0, 0.05) is 6.61 Å². The summed E-state index contributed by atoms with van der Waals surface area (Å²) in [5.41, 5.74) is 1.14. The van der Waals surface area contributed by atoms with Gasteiger partial charge < -0.3 is 9.84 Å². The average Bonchev–Trinajstić information content (AvgIpc) is 2.68. The van der Waals surface area contributed by atoms with Crippen LogP contribution in [0.3, 0.4) is 0 Å². The standard InChI is InChI=1S/C13H24O2/c1-4-11(5-2)7-8-12(14)13(3)9-6-10-15-13/h4,12,14H,5-10H2,1-3H3/b11-4+/t12-,13+/m0/s1. The van der Waals surface area contributed by atoms with E-state index >= 15 is 0 Å². The van der Waals surface area contributed by atoms with Crippen LogP contribution in [0.25, 0.3) is 0 Å². The fourth-order valence-electron chi connectivity index (χ4n) is 2.22. The lowest BCUT2D eigenvalue weighted by atomic mass is 9.90. The van der Waals surface area contributed by atoms with Crippen LogP contribution in [0.1, 0.15) is 52.9 Å². The lowest BCUT2D eigenvalue weighted by molar-refractivity contribution is -0.0801. The molecular weight excluding hydrogens is 188 g/mol. The maximum absolute atomic E-state index is 10.1. The van der Waals surface area contributed by atoms with Gasteiger partial charge in [0.05, 0.1) is 11.7 Å². The van der Waals surface area contributed by atoms with Crippen molar-refractivity contribution < 1.29 is 9.84 Å². The molecule has 0 saturated carbocycles. The van der Waals surface area contributed by atoms with Crippen LogP contribution in [0.2, 0.25) is 0 Å². The first-order valence-corrected chi connectivity index (χ1v) is 6.08. The zero-order valence-electron chi connectivity index (χ0n) is 10.3. The van der Waals surface area contributed by atoms with Gasteiger partial charge >= 0.3 is 0 Å². The van der Waals surface area contributed by atoms with Crippen LogP contribution < -0.4 is 0 Å². The van der Waals surface area contributed by atoms with Gasteiger partial charge in [-0.05, 0) is 46.0 Å². The summed E-state index contributed by atoms with van der Waals surface area (Å²) in [7, 11) is 0. The molecule has 15 heavy (non-hydrogen) atoms. The number of aliphatic hydroxyl groups is 1. The monoisotopic (exact) mass is 212 g/mol. The molecule has 0 bridgehead atoms. The highest BCUT2D eigenvalue weighted by Gasteiger charge is 2.36. The van der Waals surface area contributed by atoms with E-state index in [2.05, 4.69) is 19.9 Å². The summed E-state index contributed by atoms with van der Waals surface area (Å²) < 4.78 is 5.63. The molecule has 0 radical (unpaired) electrons. The van der Waals surface area contributed by atoms with E-state index in [-0.39, 0.29) is 11.7 Å². The molecule has 2 nitrogen and oxygen atoms in total. The van der Waals surface area contributed by atoms with Crippen molar-refractivity contribution in [1.29, 1.82) is 0 Å². The second-order valence-corrected chi connectivity index (χ2v) is 4.62. The van der Waals surface area contributed by atoms with Crippen LogP contribution in [-0.2, 0) is 4.74 Å². The molecule has 0 spiro atoms. The van der Waals surface area contributed by atoms with Crippen molar-refractivity contribution in [2.24, 2.45) is 0 Å². The Hall–Kier alpha value is -0.340. The average molecular weight is 212 g/mol. The predicted octanol–water partition coefficient (Wildman–Crippen LogP) is 3.05. The minimum atomic E-state index is -0.318. The Kier molecular flexibility index (Phi) is 4.81. The van der Waals surface area contributed by atoms with Gasteiger partial charge in [-0.1, -0.05) is 18.6 Å². The molecule has 88 valence electrons. The van der Waals surface area contributed by atoms with E-state index in [1.807, 2.05) is 6.92 Å². The number of aliphatic hydroxyl groups excluding tert-OH is 1. The summed E-state index contributed by atoms with van der Waals surface area (Å²) in [6.45, 7) is 7.07. The fourth-order valence-corrected chi connectivity index (χ4v) is 2.22. The van der Waals surface area contributed by atoms with Crippen LogP contribution in [0.15, 0.2) is 11.6 Å². The van der Waals surface area contributed by atoms with Gasteiger partial charge in [-0.3, -0.25) is 0 Å². The van der Waals surface area contributed by atoms with E-state index in [1.165, 1.54) is 5.57 Å². The molecule has 1 aliphatic heterocycles. The molecule has 2 atom stereocenters. The molecule has 0 amide bonds. The normalized spacial score (nSPS) is 29.5. The molecule has 1 aliphatic rings. The van der Waals surface area contributed by atoms with Gasteiger partial charge in [0.2, 0.25) is 0 Å². The first kappa shape index (κ1) is 12.7. The number of hydrogen-bond acceptors (Lipinski definition) is 2. The van der Waals surface area contributed by atoms with Crippen LogP contribution in [0, 0.1) is 0 Å². The zero-order valence-corrected chi connectivity index (χ0v) is 10.3. The summed E-state index contributed by atoms with van der Waals surface area (Å²) in [5.74, 6) is 0. The molecule has 0 unspecified atom stereocenters. The third-order valence-corrected chi connectivity index (χ3v) is 3.56. The molecule has 2 heteroatoms. The number of ether oxygens (including phenoxy) is 1. The highest BCUT2D eigenvalue weighted by Crippen LogP contribution is 2.31. The van der Waals surface area contributed by atoms with Crippen molar-refractivity contribution in [3.63, 3.8) is 0 Å². The molecule has 1 fully saturated rings. The van der Waals surface area contributed by atoms with Crippen LogP contribution >= 0.6 is 0 Å². The first-order chi connectivity index (χ1) is 7.12. The van der Waals surface area contributed by atoms with E-state index in [1.54, 1.807) is 0 Å². The minimum Gasteiger partial charge on any atom is -0.390 e. The summed E-state index contributed by atoms with van der Waals surface area (Å²) in [6.07, 6.45) is 6.81. The minimum absolute atomic E-state index is 0.285. The molecule has 0 aromatic heterocycles. The van der Waals surface area contributed by atoms with Crippen molar-refractivity contribution >= 4 is 0 Å². The third-order valence-electron chi connectivity index (χ3n) is 3.56. The summed E-state index contributed by atoms with van der Waals surface area (Å²) in [4.78, 5) is 0. The summed E-state index contributed by atoms with van der Waals surface area (Å²) in [6, 6.07) is 0. The van der Waals surface area contributed by atoms with Crippen LogP contribution in [-0.4, -0.2) is 23.4 Å². The lowest BCUT2D eigenvalue weighted by Gasteiger charge is -2.29.